The number of methoxy groups -OCH3 is 2. The van der Waals surface area contributed by atoms with Gasteiger partial charge in [-0.05, 0) is 12.1 Å². The van der Waals surface area contributed by atoms with E-state index in [1.54, 1.807) is 11.0 Å². The van der Waals surface area contributed by atoms with Crippen LogP contribution in [-0.4, -0.2) is 55.6 Å². The fourth-order valence-corrected chi connectivity index (χ4v) is 3.22. The van der Waals surface area contributed by atoms with Crippen LogP contribution in [-0.2, 0) is 19.1 Å². The van der Waals surface area contributed by atoms with E-state index >= 15 is 0 Å². The van der Waals surface area contributed by atoms with Gasteiger partial charge in [0.05, 0.1) is 27.1 Å². The van der Waals surface area contributed by atoms with Gasteiger partial charge in [-0.25, -0.2) is 4.98 Å². The Morgan fingerprint density at radius 1 is 1.20 bits per heavy atom. The smallest absolute Gasteiger partial charge is 0.307 e. The number of anilines is 1. The number of thiazole rings is 1. The minimum atomic E-state index is -0.399. The third-order valence-electron chi connectivity index (χ3n) is 3.90. The molecule has 0 saturated heterocycles. The van der Waals surface area contributed by atoms with Gasteiger partial charge < -0.3 is 19.5 Å². The number of phenolic OH excluding ortho intramolecular Hbond substituents is 1. The third-order valence-corrected chi connectivity index (χ3v) is 5.17. The van der Waals surface area contributed by atoms with Gasteiger partial charge in [0, 0.05) is 24.8 Å². The highest BCUT2D eigenvalue weighted by Gasteiger charge is 2.14. The molecule has 0 aliphatic carbocycles. The van der Waals surface area contributed by atoms with Gasteiger partial charge in [0.25, 0.3) is 0 Å². The zero-order valence-electron chi connectivity index (χ0n) is 16.2. The second-order valence-electron chi connectivity index (χ2n) is 5.78. The maximum absolute atomic E-state index is 11.5. The molecule has 1 heterocycles. The molecule has 1 aromatic heterocycles. The summed E-state index contributed by atoms with van der Waals surface area (Å²) in [6.07, 6.45) is 0.774. The molecule has 0 atom stereocenters. The third kappa shape index (κ3) is 6.49. The summed E-state index contributed by atoms with van der Waals surface area (Å²) in [5.41, 5.74) is 0.735. The number of carbonyl (C=O) groups is 3. The molecule has 2 rings (SSSR count). The number of phenols is 1. The largest absolute Gasteiger partial charge is 0.506 e. The SMILES string of the molecule is COC(=O)CCN(CCC(=O)OC)c1ccc(N=Nc2nc(Cl)c(C=O)s2)c(O)c1. The Labute approximate surface area is 181 Å². The molecule has 0 bridgehead atoms. The van der Waals surface area contributed by atoms with Gasteiger partial charge in [-0.3, -0.25) is 14.4 Å². The Morgan fingerprint density at radius 2 is 1.83 bits per heavy atom. The van der Waals surface area contributed by atoms with E-state index in [1.165, 1.54) is 26.4 Å². The molecule has 0 radical (unpaired) electrons. The summed E-state index contributed by atoms with van der Waals surface area (Å²) in [7, 11) is 2.58. The van der Waals surface area contributed by atoms with Crippen molar-refractivity contribution < 1.29 is 29.0 Å². The molecule has 0 fully saturated rings. The van der Waals surface area contributed by atoms with Crippen molar-refractivity contribution in [2.24, 2.45) is 10.2 Å². The lowest BCUT2D eigenvalue weighted by Crippen LogP contribution is -2.29. The highest BCUT2D eigenvalue weighted by Crippen LogP contribution is 2.34. The molecule has 0 unspecified atom stereocenters. The fraction of sp³-hybridized carbons (Fsp3) is 0.333. The van der Waals surface area contributed by atoms with Gasteiger partial charge >= 0.3 is 11.9 Å². The monoisotopic (exact) mass is 454 g/mol. The summed E-state index contributed by atoms with van der Waals surface area (Å²) in [4.78, 5) is 39.6. The van der Waals surface area contributed by atoms with Crippen molar-refractivity contribution in [1.29, 1.82) is 0 Å². The molecule has 1 N–H and O–H groups in total. The molecule has 30 heavy (non-hydrogen) atoms. The Morgan fingerprint density at radius 3 is 2.33 bits per heavy atom. The second kappa shape index (κ2) is 11.2. The molecule has 10 nitrogen and oxygen atoms in total. The van der Waals surface area contributed by atoms with E-state index in [0.717, 1.165) is 11.3 Å². The molecule has 0 spiro atoms. The summed E-state index contributed by atoms with van der Waals surface area (Å²) in [6.45, 7) is 0.548. The molecule has 160 valence electrons. The van der Waals surface area contributed by atoms with Crippen molar-refractivity contribution in [3.63, 3.8) is 0 Å². The van der Waals surface area contributed by atoms with Crippen molar-refractivity contribution in [1.82, 2.24) is 4.98 Å². The first-order valence-corrected chi connectivity index (χ1v) is 9.82. The van der Waals surface area contributed by atoms with Crippen molar-refractivity contribution in [2.75, 3.05) is 32.2 Å². The number of hydrogen-bond acceptors (Lipinski definition) is 11. The van der Waals surface area contributed by atoms with Crippen LogP contribution in [0.15, 0.2) is 28.4 Å². The number of carbonyl (C=O) groups excluding carboxylic acids is 3. The van der Waals surface area contributed by atoms with Crippen LogP contribution in [0.1, 0.15) is 22.5 Å². The lowest BCUT2D eigenvalue weighted by Gasteiger charge is -2.24. The first-order chi connectivity index (χ1) is 14.4. The first-order valence-electron chi connectivity index (χ1n) is 8.62. The van der Waals surface area contributed by atoms with Crippen molar-refractivity contribution >= 4 is 57.7 Å². The Hall–Kier alpha value is -3.05. The van der Waals surface area contributed by atoms with Crippen molar-refractivity contribution in [2.45, 2.75) is 12.8 Å². The quantitative estimate of drug-likeness (QED) is 0.327. The number of nitrogens with zero attached hydrogens (tertiary/aromatic N) is 4. The van der Waals surface area contributed by atoms with Crippen molar-refractivity contribution in [3.05, 3.63) is 28.2 Å². The van der Waals surface area contributed by atoms with Gasteiger partial charge in [0.15, 0.2) is 11.4 Å². The summed E-state index contributed by atoms with van der Waals surface area (Å²) in [5.74, 6) is -0.968. The summed E-state index contributed by atoms with van der Waals surface area (Å²) < 4.78 is 9.30. The van der Waals surface area contributed by atoms with Gasteiger partial charge in [-0.15, -0.1) is 10.2 Å². The fourth-order valence-electron chi connectivity index (χ4n) is 2.33. The zero-order valence-corrected chi connectivity index (χ0v) is 17.8. The van der Waals surface area contributed by atoms with E-state index in [2.05, 4.69) is 24.7 Å². The summed E-state index contributed by atoms with van der Waals surface area (Å²) in [5, 5.41) is 18.3. The van der Waals surface area contributed by atoms with Gasteiger partial charge in [-0.2, -0.15) is 0 Å². The predicted octanol–water partition coefficient (Wildman–Crippen LogP) is 3.66. The second-order valence-corrected chi connectivity index (χ2v) is 7.15. The van der Waals surface area contributed by atoms with Crippen LogP contribution >= 0.6 is 22.9 Å². The van der Waals surface area contributed by atoms with Crippen LogP contribution in [0.5, 0.6) is 5.75 Å². The van der Waals surface area contributed by atoms with E-state index in [-0.39, 0.29) is 52.5 Å². The molecule has 1 aromatic carbocycles. The van der Waals surface area contributed by atoms with Gasteiger partial charge in [0.1, 0.15) is 16.3 Å². The minimum Gasteiger partial charge on any atom is -0.506 e. The number of ether oxygens (including phenoxy) is 2. The van der Waals surface area contributed by atoms with Crippen LogP contribution in [0.4, 0.5) is 16.5 Å². The number of hydrogen-bond donors (Lipinski definition) is 1. The number of aromatic hydroxyl groups is 1. The molecule has 12 heteroatoms. The molecule has 0 aliphatic heterocycles. The van der Waals surface area contributed by atoms with Crippen LogP contribution in [0.3, 0.4) is 0 Å². The maximum Gasteiger partial charge on any atom is 0.307 e. The first kappa shape index (κ1) is 23.2. The lowest BCUT2D eigenvalue weighted by atomic mass is 10.2. The molecule has 0 aliphatic rings. The highest BCUT2D eigenvalue weighted by atomic mass is 35.5. The standard InChI is InChI=1S/C18H19ClN4O6S/c1-28-15(26)5-7-23(8-6-16(27)29-2)11-3-4-12(13(25)9-11)21-22-18-20-17(19)14(10-24)30-18/h3-4,9-10,25H,5-8H2,1-2H3. The van der Waals surface area contributed by atoms with E-state index in [4.69, 9.17) is 11.6 Å². The molecular formula is C18H19ClN4O6S. The number of aromatic nitrogens is 1. The predicted molar refractivity (Wildman–Crippen MR) is 110 cm³/mol. The van der Waals surface area contributed by atoms with Crippen LogP contribution in [0.2, 0.25) is 5.15 Å². The number of rotatable bonds is 10. The number of esters is 2. The molecule has 0 amide bonds. The number of azo groups is 1. The van der Waals surface area contributed by atoms with Gasteiger partial charge in [-0.1, -0.05) is 22.9 Å². The Kier molecular flexibility index (Phi) is 8.69. The average molecular weight is 455 g/mol. The van der Waals surface area contributed by atoms with Gasteiger partial charge in [0.2, 0.25) is 5.13 Å². The van der Waals surface area contributed by atoms with Crippen LogP contribution in [0, 0.1) is 0 Å². The summed E-state index contributed by atoms with van der Waals surface area (Å²) >= 11 is 6.75. The topological polar surface area (TPSA) is 131 Å². The van der Waals surface area contributed by atoms with Crippen molar-refractivity contribution in [3.8, 4) is 5.75 Å². The van der Waals surface area contributed by atoms with Crippen LogP contribution in [0.25, 0.3) is 0 Å². The Bertz CT molecular complexity index is 929. The van der Waals surface area contributed by atoms with E-state index in [1.807, 2.05) is 0 Å². The average Bonchev–Trinajstić information content (AvgIpc) is 3.11. The number of benzene rings is 1. The normalized spacial score (nSPS) is 10.8. The molecular weight excluding hydrogens is 436 g/mol. The molecule has 0 saturated carbocycles. The zero-order chi connectivity index (χ0) is 22.1. The Balaban J connectivity index is 2.18. The van der Waals surface area contributed by atoms with Crippen LogP contribution < -0.4 is 4.90 Å². The minimum absolute atomic E-state index is 0.0374. The molecule has 2 aromatic rings. The summed E-state index contributed by atoms with van der Waals surface area (Å²) in [6, 6.07) is 4.62. The number of halogens is 1. The maximum atomic E-state index is 11.5. The van der Waals surface area contributed by atoms with E-state index in [0.29, 0.717) is 12.0 Å². The van der Waals surface area contributed by atoms with E-state index < -0.39 is 11.9 Å². The highest BCUT2D eigenvalue weighted by molar-refractivity contribution is 7.17. The van der Waals surface area contributed by atoms with E-state index in [9.17, 15) is 19.5 Å². The number of aldehydes is 1. The lowest BCUT2D eigenvalue weighted by molar-refractivity contribution is -0.140.